The molecular weight excluding hydrogens is 398 g/mol. The van der Waals surface area contributed by atoms with Crippen LogP contribution in [-0.2, 0) is 25.6 Å². The average Bonchev–Trinajstić information content (AvgIpc) is 3.35. The van der Waals surface area contributed by atoms with Crippen LogP contribution in [0.1, 0.15) is 63.0 Å². The van der Waals surface area contributed by atoms with Gasteiger partial charge in [-0.25, -0.2) is 0 Å². The van der Waals surface area contributed by atoms with Gasteiger partial charge >= 0.3 is 11.9 Å². The van der Waals surface area contributed by atoms with E-state index in [4.69, 9.17) is 18.9 Å². The number of carbonyl (C=O) groups excluding carboxylic acids is 2. The van der Waals surface area contributed by atoms with Crippen LogP contribution in [0.4, 0.5) is 0 Å². The maximum absolute atomic E-state index is 12.5. The number of carbonyl (C=O) groups is 2. The molecular formula is C24H29NO6. The molecule has 0 radical (unpaired) electrons. The normalized spacial score (nSPS) is 27.9. The summed E-state index contributed by atoms with van der Waals surface area (Å²) in [5.41, 5.74) is 3.51. The standard InChI is InChI=1S/C24H29NO6/c1-3-4-5-6-21(27)31-20-9-15-7-8-25-12-16-10-18-19(29-13-28-18)11-17(16)22(23(15)25)24(20)30-14(2)26/h9-11,20,22-24H,3-8,12-13H2,1-2H3/t20-,22-,23?,24+/m0/s1. The van der Waals surface area contributed by atoms with Crippen molar-refractivity contribution >= 4 is 11.9 Å². The van der Waals surface area contributed by atoms with E-state index < -0.39 is 12.2 Å². The zero-order chi connectivity index (χ0) is 21.5. The Morgan fingerprint density at radius 2 is 1.97 bits per heavy atom. The molecule has 7 heteroatoms. The molecule has 31 heavy (non-hydrogen) atoms. The molecule has 1 aliphatic carbocycles. The maximum atomic E-state index is 12.5. The molecule has 1 aromatic rings. The van der Waals surface area contributed by atoms with Crippen LogP contribution >= 0.6 is 0 Å². The van der Waals surface area contributed by atoms with Crippen molar-refractivity contribution < 1.29 is 28.5 Å². The minimum Gasteiger partial charge on any atom is -0.458 e. The van der Waals surface area contributed by atoms with Crippen molar-refractivity contribution in [1.29, 1.82) is 0 Å². The Kier molecular flexibility index (Phi) is 5.38. The topological polar surface area (TPSA) is 74.3 Å². The third kappa shape index (κ3) is 3.69. The van der Waals surface area contributed by atoms with E-state index in [0.717, 1.165) is 61.4 Å². The Morgan fingerprint density at radius 1 is 1.16 bits per heavy atom. The zero-order valence-electron chi connectivity index (χ0n) is 18.1. The van der Waals surface area contributed by atoms with Crippen LogP contribution in [0.3, 0.4) is 0 Å². The molecule has 0 N–H and O–H groups in total. The number of fused-ring (bicyclic) bond motifs is 3. The number of hydrogen-bond donors (Lipinski definition) is 0. The predicted molar refractivity (Wildman–Crippen MR) is 112 cm³/mol. The van der Waals surface area contributed by atoms with Crippen molar-refractivity contribution in [3.8, 4) is 11.5 Å². The van der Waals surface area contributed by atoms with Gasteiger partial charge in [0.05, 0.1) is 0 Å². The summed E-state index contributed by atoms with van der Waals surface area (Å²) in [7, 11) is 0. The summed E-state index contributed by atoms with van der Waals surface area (Å²) in [6, 6.07) is 4.21. The molecule has 0 bridgehead atoms. The lowest BCUT2D eigenvalue weighted by Crippen LogP contribution is -2.52. The lowest BCUT2D eigenvalue weighted by Gasteiger charge is -2.46. The summed E-state index contributed by atoms with van der Waals surface area (Å²) in [4.78, 5) is 27.0. The minimum atomic E-state index is -0.578. The Bertz CT molecular complexity index is 925. The van der Waals surface area contributed by atoms with Gasteiger partial charge < -0.3 is 18.9 Å². The molecule has 4 aliphatic rings. The van der Waals surface area contributed by atoms with Crippen LogP contribution in [-0.4, -0.2) is 48.4 Å². The fraction of sp³-hybridized carbons (Fsp3) is 0.583. The lowest BCUT2D eigenvalue weighted by atomic mass is 9.73. The second kappa shape index (κ2) is 8.19. The Morgan fingerprint density at radius 3 is 2.74 bits per heavy atom. The summed E-state index contributed by atoms with van der Waals surface area (Å²) >= 11 is 0. The summed E-state index contributed by atoms with van der Waals surface area (Å²) in [6.07, 6.45) is 5.05. The molecule has 1 unspecified atom stereocenters. The summed E-state index contributed by atoms with van der Waals surface area (Å²) in [5, 5.41) is 0. The van der Waals surface area contributed by atoms with E-state index in [9.17, 15) is 9.59 Å². The number of esters is 2. The summed E-state index contributed by atoms with van der Waals surface area (Å²) in [5.74, 6) is 0.758. The third-order valence-corrected chi connectivity index (χ3v) is 6.78. The molecule has 4 atom stereocenters. The van der Waals surface area contributed by atoms with Crippen LogP contribution in [0.2, 0.25) is 0 Å². The van der Waals surface area contributed by atoms with Gasteiger partial charge in [-0.2, -0.15) is 0 Å². The third-order valence-electron chi connectivity index (χ3n) is 6.78. The van der Waals surface area contributed by atoms with Crippen LogP contribution < -0.4 is 9.47 Å². The molecule has 7 nitrogen and oxygen atoms in total. The number of unbranched alkanes of at least 4 members (excludes halogenated alkanes) is 2. The number of rotatable bonds is 6. The highest BCUT2D eigenvalue weighted by Crippen LogP contribution is 2.50. The van der Waals surface area contributed by atoms with Crippen molar-refractivity contribution in [2.45, 2.75) is 76.7 Å². The monoisotopic (exact) mass is 427 g/mol. The SMILES string of the molecule is CCCCCC(=O)O[C@H]1C=C2CCN3Cc4cc5c(cc4[C@@H](C23)[C@@H]1OC(C)=O)OCO5. The van der Waals surface area contributed by atoms with Gasteiger partial charge in [0.15, 0.2) is 23.7 Å². The first-order valence-electron chi connectivity index (χ1n) is 11.3. The van der Waals surface area contributed by atoms with E-state index in [0.29, 0.717) is 6.42 Å². The average molecular weight is 427 g/mol. The summed E-state index contributed by atoms with van der Waals surface area (Å²) in [6.45, 7) is 5.48. The molecule has 166 valence electrons. The van der Waals surface area contributed by atoms with Crippen LogP contribution in [0.15, 0.2) is 23.8 Å². The number of hydrogen-bond acceptors (Lipinski definition) is 7. The van der Waals surface area contributed by atoms with Gasteiger partial charge in [-0.05, 0) is 42.2 Å². The summed E-state index contributed by atoms with van der Waals surface area (Å²) < 4.78 is 23.0. The highest BCUT2D eigenvalue weighted by Gasteiger charge is 2.52. The smallest absolute Gasteiger partial charge is 0.306 e. The van der Waals surface area contributed by atoms with E-state index in [1.807, 2.05) is 18.2 Å². The molecule has 3 heterocycles. The van der Waals surface area contributed by atoms with E-state index in [1.54, 1.807) is 0 Å². The lowest BCUT2D eigenvalue weighted by molar-refractivity contribution is -0.167. The number of benzene rings is 1. The van der Waals surface area contributed by atoms with E-state index >= 15 is 0 Å². The molecule has 0 amide bonds. The van der Waals surface area contributed by atoms with Gasteiger partial charge in [0.1, 0.15) is 0 Å². The van der Waals surface area contributed by atoms with E-state index in [2.05, 4.69) is 11.8 Å². The molecule has 1 fully saturated rings. The van der Waals surface area contributed by atoms with Crippen molar-refractivity contribution in [2.75, 3.05) is 13.3 Å². The quantitative estimate of drug-likeness (QED) is 0.391. The first kappa shape index (κ1) is 20.4. The highest BCUT2D eigenvalue weighted by atomic mass is 16.7. The number of nitrogens with zero attached hydrogens (tertiary/aromatic N) is 1. The Hall–Kier alpha value is -2.54. The van der Waals surface area contributed by atoms with Crippen LogP contribution in [0, 0.1) is 0 Å². The molecule has 5 rings (SSSR count). The predicted octanol–water partition coefficient (Wildman–Crippen LogP) is 3.45. The van der Waals surface area contributed by atoms with Gasteiger partial charge in [0, 0.05) is 38.4 Å². The molecule has 0 spiro atoms. The van der Waals surface area contributed by atoms with E-state index in [1.165, 1.54) is 12.5 Å². The largest absolute Gasteiger partial charge is 0.458 e. The van der Waals surface area contributed by atoms with Crippen molar-refractivity contribution in [1.82, 2.24) is 4.90 Å². The maximum Gasteiger partial charge on any atom is 0.306 e. The van der Waals surface area contributed by atoms with Gasteiger partial charge in [0.25, 0.3) is 0 Å². The molecule has 1 aromatic carbocycles. The fourth-order valence-corrected chi connectivity index (χ4v) is 5.48. The molecule has 0 saturated carbocycles. The van der Waals surface area contributed by atoms with Crippen molar-refractivity contribution in [3.63, 3.8) is 0 Å². The Labute approximate surface area is 182 Å². The first-order valence-corrected chi connectivity index (χ1v) is 11.3. The van der Waals surface area contributed by atoms with Gasteiger partial charge in [-0.15, -0.1) is 0 Å². The van der Waals surface area contributed by atoms with Gasteiger partial charge in [-0.3, -0.25) is 14.5 Å². The first-order chi connectivity index (χ1) is 15.0. The minimum absolute atomic E-state index is 0.113. The van der Waals surface area contributed by atoms with Crippen molar-refractivity contribution in [2.24, 2.45) is 0 Å². The van der Waals surface area contributed by atoms with Crippen LogP contribution in [0.5, 0.6) is 11.5 Å². The highest BCUT2D eigenvalue weighted by molar-refractivity contribution is 5.70. The Balaban J connectivity index is 1.51. The molecule has 1 saturated heterocycles. The second-order valence-corrected chi connectivity index (χ2v) is 8.82. The fourth-order valence-electron chi connectivity index (χ4n) is 5.48. The zero-order valence-corrected chi connectivity index (χ0v) is 18.1. The molecule has 0 aromatic heterocycles. The van der Waals surface area contributed by atoms with Crippen LogP contribution in [0.25, 0.3) is 0 Å². The van der Waals surface area contributed by atoms with Gasteiger partial charge in [-0.1, -0.05) is 25.3 Å². The van der Waals surface area contributed by atoms with Crippen molar-refractivity contribution in [3.05, 3.63) is 34.9 Å². The second-order valence-electron chi connectivity index (χ2n) is 8.82. The number of ether oxygens (including phenoxy) is 4. The van der Waals surface area contributed by atoms with E-state index in [-0.39, 0.29) is 30.7 Å². The molecule has 3 aliphatic heterocycles. The van der Waals surface area contributed by atoms with Gasteiger partial charge in [0.2, 0.25) is 6.79 Å².